The zero-order valence-corrected chi connectivity index (χ0v) is 14.7. The van der Waals surface area contributed by atoms with Gasteiger partial charge in [-0.15, -0.1) is 0 Å². The topological polar surface area (TPSA) is 124 Å². The normalized spacial score (nSPS) is 15.3. The number of aliphatic imine (C=N–C) groups is 1. The van der Waals surface area contributed by atoms with Gasteiger partial charge in [0.1, 0.15) is 23.4 Å². The molecule has 0 bridgehead atoms. The van der Waals surface area contributed by atoms with Crippen molar-refractivity contribution in [3.05, 3.63) is 36.5 Å². The van der Waals surface area contributed by atoms with Crippen molar-refractivity contribution >= 4 is 28.6 Å². The number of rotatable bonds is 3. The lowest BCUT2D eigenvalue weighted by atomic mass is 10.2. The van der Waals surface area contributed by atoms with E-state index < -0.39 is 5.91 Å². The van der Waals surface area contributed by atoms with Crippen molar-refractivity contribution in [3.8, 4) is 5.95 Å². The summed E-state index contributed by atoms with van der Waals surface area (Å²) in [6.45, 7) is 4.10. The lowest BCUT2D eigenvalue weighted by molar-refractivity contribution is 0.0998. The van der Waals surface area contributed by atoms with Crippen molar-refractivity contribution < 1.29 is 9.53 Å². The molecule has 2 N–H and O–H groups in total. The maximum atomic E-state index is 12.2. The lowest BCUT2D eigenvalue weighted by Crippen LogP contribution is -2.37. The minimum absolute atomic E-state index is 0.182. The van der Waals surface area contributed by atoms with Crippen molar-refractivity contribution in [2.45, 2.75) is 6.92 Å². The molecule has 27 heavy (non-hydrogen) atoms. The molecular weight excluding hydrogens is 348 g/mol. The number of nitrogens with zero attached hydrogens (tertiary/aromatic N) is 7. The van der Waals surface area contributed by atoms with Crippen LogP contribution in [0.3, 0.4) is 0 Å². The molecule has 0 aromatic carbocycles. The van der Waals surface area contributed by atoms with Crippen LogP contribution in [-0.2, 0) is 4.74 Å². The number of carbonyl (C=O) groups is 1. The van der Waals surface area contributed by atoms with Gasteiger partial charge >= 0.3 is 0 Å². The number of nitrogens with two attached hydrogens (primary N) is 1. The molecule has 10 nitrogen and oxygen atoms in total. The smallest absolute Gasteiger partial charge is 0.297 e. The minimum atomic E-state index is -0.497. The number of amides is 1. The van der Waals surface area contributed by atoms with Crippen LogP contribution in [0.1, 0.15) is 17.4 Å². The first-order valence-electron chi connectivity index (χ1n) is 8.47. The highest BCUT2D eigenvalue weighted by Gasteiger charge is 2.20. The molecule has 3 aromatic rings. The lowest BCUT2D eigenvalue weighted by Gasteiger charge is -2.28. The highest BCUT2D eigenvalue weighted by atomic mass is 16.5. The van der Waals surface area contributed by atoms with E-state index in [-0.39, 0.29) is 11.5 Å². The Morgan fingerprint density at radius 3 is 2.74 bits per heavy atom. The summed E-state index contributed by atoms with van der Waals surface area (Å²) in [5, 5.41) is 0. The number of hydrogen-bond acceptors (Lipinski definition) is 7. The number of morpholine rings is 1. The van der Waals surface area contributed by atoms with Crippen LogP contribution < -0.4 is 10.6 Å². The van der Waals surface area contributed by atoms with E-state index in [0.717, 1.165) is 0 Å². The van der Waals surface area contributed by atoms with Crippen molar-refractivity contribution in [2.75, 3.05) is 31.2 Å². The summed E-state index contributed by atoms with van der Waals surface area (Å²) in [5.41, 5.74) is 6.87. The molecule has 138 valence electrons. The number of amidine groups is 1. The zero-order valence-electron chi connectivity index (χ0n) is 14.7. The molecule has 0 aliphatic carbocycles. The monoisotopic (exact) mass is 366 g/mol. The van der Waals surface area contributed by atoms with Crippen LogP contribution in [0.4, 0.5) is 5.82 Å². The number of ether oxygens (including phenoxy) is 1. The molecule has 0 saturated carbocycles. The van der Waals surface area contributed by atoms with Crippen molar-refractivity contribution in [3.63, 3.8) is 0 Å². The minimum Gasteiger partial charge on any atom is -0.387 e. The standard InChI is InChI=1S/C17H18N8O2/c1-11(18)20-16(26)13-3-2-12-14(21-13)15(24-6-8-27-9-7-24)23-17(22-12)25-5-4-19-10-25/h2-5,10H,6-9H2,1H3,(H2,18,20,26). The van der Waals surface area contributed by atoms with Gasteiger partial charge < -0.3 is 15.4 Å². The Balaban J connectivity index is 1.87. The van der Waals surface area contributed by atoms with Gasteiger partial charge in [-0.05, 0) is 19.1 Å². The fourth-order valence-electron chi connectivity index (χ4n) is 2.81. The second-order valence-corrected chi connectivity index (χ2v) is 6.04. The van der Waals surface area contributed by atoms with Crippen LogP contribution in [0.5, 0.6) is 0 Å². The predicted molar refractivity (Wildman–Crippen MR) is 99.1 cm³/mol. The van der Waals surface area contributed by atoms with E-state index in [9.17, 15) is 4.79 Å². The van der Waals surface area contributed by atoms with E-state index in [1.165, 1.54) is 0 Å². The third kappa shape index (κ3) is 3.47. The molecule has 1 amide bonds. The van der Waals surface area contributed by atoms with Crippen LogP contribution >= 0.6 is 0 Å². The fraction of sp³-hybridized carbons (Fsp3) is 0.294. The third-order valence-corrected chi connectivity index (χ3v) is 4.06. The van der Waals surface area contributed by atoms with E-state index in [1.54, 1.807) is 42.3 Å². The Hall–Kier alpha value is -3.40. The van der Waals surface area contributed by atoms with E-state index in [2.05, 4.69) is 29.8 Å². The number of anilines is 1. The summed E-state index contributed by atoms with van der Waals surface area (Å²) >= 11 is 0. The van der Waals surface area contributed by atoms with Crippen LogP contribution in [0.2, 0.25) is 0 Å². The van der Waals surface area contributed by atoms with Crippen molar-refractivity contribution in [2.24, 2.45) is 10.7 Å². The number of aromatic nitrogens is 5. The Labute approximate surface area is 154 Å². The summed E-state index contributed by atoms with van der Waals surface area (Å²) in [4.78, 5) is 35.8. The van der Waals surface area contributed by atoms with Crippen LogP contribution in [0, 0.1) is 0 Å². The summed E-state index contributed by atoms with van der Waals surface area (Å²) in [6, 6.07) is 3.33. The van der Waals surface area contributed by atoms with Gasteiger partial charge in [-0.25, -0.2) is 15.0 Å². The summed E-state index contributed by atoms with van der Waals surface area (Å²) in [7, 11) is 0. The number of imidazole rings is 1. The van der Waals surface area contributed by atoms with E-state index in [0.29, 0.717) is 49.1 Å². The largest absolute Gasteiger partial charge is 0.387 e. The zero-order chi connectivity index (χ0) is 18.8. The van der Waals surface area contributed by atoms with Gasteiger partial charge in [-0.1, -0.05) is 0 Å². The Morgan fingerprint density at radius 1 is 1.22 bits per heavy atom. The third-order valence-electron chi connectivity index (χ3n) is 4.06. The van der Waals surface area contributed by atoms with Crippen molar-refractivity contribution in [1.29, 1.82) is 0 Å². The number of pyridine rings is 1. The molecule has 3 aromatic heterocycles. The molecule has 1 saturated heterocycles. The Kier molecular flexibility index (Phi) is 4.47. The molecule has 4 heterocycles. The van der Waals surface area contributed by atoms with Gasteiger partial charge in [0.05, 0.1) is 18.7 Å². The van der Waals surface area contributed by atoms with Crippen LogP contribution in [0.15, 0.2) is 35.8 Å². The SMILES string of the molecule is CC(N)=NC(=O)c1ccc2nc(-n3ccnc3)nc(N3CCOCC3)c2n1. The molecule has 0 unspecified atom stereocenters. The van der Waals surface area contributed by atoms with E-state index in [1.807, 2.05) is 0 Å². The molecule has 1 fully saturated rings. The maximum absolute atomic E-state index is 12.2. The van der Waals surface area contributed by atoms with Gasteiger partial charge in [-0.3, -0.25) is 9.36 Å². The van der Waals surface area contributed by atoms with Gasteiger partial charge in [0.15, 0.2) is 5.82 Å². The average molecular weight is 366 g/mol. The first kappa shape index (κ1) is 17.0. The van der Waals surface area contributed by atoms with E-state index >= 15 is 0 Å². The predicted octanol–water partition coefficient (Wildman–Crippen LogP) is 0.564. The van der Waals surface area contributed by atoms with Crippen LogP contribution in [-0.4, -0.2) is 62.5 Å². The van der Waals surface area contributed by atoms with Gasteiger partial charge in [0, 0.05) is 25.5 Å². The highest BCUT2D eigenvalue weighted by molar-refractivity contribution is 6.02. The Bertz CT molecular complexity index is 1010. The Morgan fingerprint density at radius 2 is 2.04 bits per heavy atom. The molecule has 1 aliphatic heterocycles. The summed E-state index contributed by atoms with van der Waals surface area (Å²) in [6.07, 6.45) is 5.07. The molecule has 0 radical (unpaired) electrons. The summed E-state index contributed by atoms with van der Waals surface area (Å²) in [5.74, 6) is 0.818. The molecule has 0 spiro atoms. The number of carbonyl (C=O) groups excluding carboxylic acids is 1. The van der Waals surface area contributed by atoms with E-state index in [4.69, 9.17) is 10.5 Å². The quantitative estimate of drug-likeness (QED) is 0.527. The van der Waals surface area contributed by atoms with Crippen LogP contribution in [0.25, 0.3) is 17.0 Å². The molecule has 1 aliphatic rings. The second kappa shape index (κ2) is 7.08. The van der Waals surface area contributed by atoms with Gasteiger partial charge in [-0.2, -0.15) is 9.98 Å². The summed E-state index contributed by atoms with van der Waals surface area (Å²) < 4.78 is 7.16. The molecule has 10 heteroatoms. The van der Waals surface area contributed by atoms with Gasteiger partial charge in [0.2, 0.25) is 5.95 Å². The molecular formula is C17H18N8O2. The maximum Gasteiger partial charge on any atom is 0.297 e. The van der Waals surface area contributed by atoms with Gasteiger partial charge in [0.25, 0.3) is 5.91 Å². The number of hydrogen-bond donors (Lipinski definition) is 1. The highest BCUT2D eigenvalue weighted by Crippen LogP contribution is 2.25. The fourth-order valence-corrected chi connectivity index (χ4v) is 2.81. The molecule has 4 rings (SSSR count). The molecule has 0 atom stereocenters. The first-order valence-corrected chi connectivity index (χ1v) is 8.47. The van der Waals surface area contributed by atoms with Crippen molar-refractivity contribution in [1.82, 2.24) is 24.5 Å². The number of fused-ring (bicyclic) bond motifs is 1. The second-order valence-electron chi connectivity index (χ2n) is 6.04. The average Bonchev–Trinajstić information content (AvgIpc) is 3.21. The first-order chi connectivity index (χ1) is 13.1.